The van der Waals surface area contributed by atoms with Gasteiger partial charge in [-0.15, -0.1) is 0 Å². The van der Waals surface area contributed by atoms with Gasteiger partial charge in [0, 0.05) is 12.1 Å². The van der Waals surface area contributed by atoms with Gasteiger partial charge in [-0.1, -0.05) is 6.42 Å². The van der Waals surface area contributed by atoms with Crippen LogP contribution in [0.1, 0.15) is 36.5 Å². The van der Waals surface area contributed by atoms with Crippen LogP contribution >= 0.6 is 0 Å². The van der Waals surface area contributed by atoms with Gasteiger partial charge >= 0.3 is 5.97 Å². The van der Waals surface area contributed by atoms with Crippen molar-refractivity contribution in [3.05, 3.63) is 33.9 Å². The maximum absolute atomic E-state index is 11.0. The van der Waals surface area contributed by atoms with Gasteiger partial charge in [0.15, 0.2) is 0 Å². The molecule has 6 heteroatoms. The van der Waals surface area contributed by atoms with E-state index in [0.717, 1.165) is 12.8 Å². The van der Waals surface area contributed by atoms with Crippen LogP contribution < -0.4 is 5.32 Å². The van der Waals surface area contributed by atoms with Gasteiger partial charge in [0.1, 0.15) is 5.69 Å². The molecule has 0 spiro atoms. The summed E-state index contributed by atoms with van der Waals surface area (Å²) in [6.45, 7) is 1.97. The second kappa shape index (κ2) is 5.26. The molecule has 1 atom stereocenters. The summed E-state index contributed by atoms with van der Waals surface area (Å²) in [5.41, 5.74) is 0.245. The lowest BCUT2D eigenvalue weighted by molar-refractivity contribution is -0.384. The lowest BCUT2D eigenvalue weighted by atomic mass is 9.80. The Morgan fingerprint density at radius 1 is 1.53 bits per heavy atom. The number of anilines is 1. The first-order chi connectivity index (χ1) is 8.99. The maximum atomic E-state index is 11.0. The summed E-state index contributed by atoms with van der Waals surface area (Å²) >= 11 is 0. The van der Waals surface area contributed by atoms with Crippen molar-refractivity contribution in [1.29, 1.82) is 0 Å². The van der Waals surface area contributed by atoms with E-state index in [4.69, 9.17) is 5.11 Å². The summed E-state index contributed by atoms with van der Waals surface area (Å²) in [6, 6.07) is 3.92. The van der Waals surface area contributed by atoms with Crippen molar-refractivity contribution in [1.82, 2.24) is 0 Å². The third-order valence-electron chi connectivity index (χ3n) is 3.68. The zero-order chi connectivity index (χ0) is 14.0. The van der Waals surface area contributed by atoms with Crippen molar-refractivity contribution in [3.63, 3.8) is 0 Å². The van der Waals surface area contributed by atoms with E-state index in [1.165, 1.54) is 24.6 Å². The zero-order valence-corrected chi connectivity index (χ0v) is 10.6. The largest absolute Gasteiger partial charge is 0.478 e. The van der Waals surface area contributed by atoms with Gasteiger partial charge in [0.05, 0.1) is 10.5 Å². The smallest absolute Gasteiger partial charge is 0.335 e. The monoisotopic (exact) mass is 264 g/mol. The van der Waals surface area contributed by atoms with Gasteiger partial charge in [-0.2, -0.15) is 0 Å². The molecule has 2 rings (SSSR count). The molecule has 6 nitrogen and oxygen atoms in total. The van der Waals surface area contributed by atoms with Crippen molar-refractivity contribution < 1.29 is 14.8 Å². The summed E-state index contributed by atoms with van der Waals surface area (Å²) < 4.78 is 0. The molecule has 1 aliphatic rings. The quantitative estimate of drug-likeness (QED) is 0.630. The van der Waals surface area contributed by atoms with Crippen molar-refractivity contribution in [2.24, 2.45) is 5.92 Å². The van der Waals surface area contributed by atoms with Gasteiger partial charge in [0.2, 0.25) is 0 Å². The summed E-state index contributed by atoms with van der Waals surface area (Å²) in [7, 11) is 0. The summed E-state index contributed by atoms with van der Waals surface area (Å²) in [5.74, 6) is -0.581. The first-order valence-corrected chi connectivity index (χ1v) is 6.27. The molecule has 2 N–H and O–H groups in total. The van der Waals surface area contributed by atoms with E-state index < -0.39 is 10.9 Å². The van der Waals surface area contributed by atoms with E-state index in [1.807, 2.05) is 6.92 Å². The van der Waals surface area contributed by atoms with E-state index in [-0.39, 0.29) is 23.0 Å². The molecule has 19 heavy (non-hydrogen) atoms. The molecule has 0 saturated heterocycles. The molecular weight excluding hydrogens is 248 g/mol. The minimum Gasteiger partial charge on any atom is -0.478 e. The van der Waals surface area contributed by atoms with E-state index in [9.17, 15) is 14.9 Å². The molecule has 0 aromatic heterocycles. The number of nitro groups is 1. The number of aromatic carboxylic acids is 1. The fourth-order valence-electron chi connectivity index (χ4n) is 2.25. The Hall–Kier alpha value is -2.11. The van der Waals surface area contributed by atoms with Gasteiger partial charge in [-0.05, 0) is 37.8 Å². The molecule has 0 amide bonds. The summed E-state index contributed by atoms with van der Waals surface area (Å²) in [4.78, 5) is 21.4. The number of benzene rings is 1. The molecule has 0 radical (unpaired) electrons. The number of carboxylic acids is 1. The standard InChI is InChI=1S/C13H16N2O4/c1-8(9-3-2-4-9)14-11-7-10(13(16)17)5-6-12(11)15(18)19/h5-9,14H,2-4H2,1H3,(H,16,17). The maximum Gasteiger partial charge on any atom is 0.335 e. The average molecular weight is 264 g/mol. The SMILES string of the molecule is CC(Nc1cc(C(=O)O)ccc1[N+](=O)[O-])C1CCC1. The number of hydrogen-bond donors (Lipinski definition) is 2. The van der Waals surface area contributed by atoms with Crippen LogP contribution in [0.25, 0.3) is 0 Å². The van der Waals surface area contributed by atoms with E-state index >= 15 is 0 Å². The van der Waals surface area contributed by atoms with Crippen molar-refractivity contribution >= 4 is 17.3 Å². The van der Waals surface area contributed by atoms with Crippen LogP contribution in [-0.4, -0.2) is 22.0 Å². The third-order valence-corrected chi connectivity index (χ3v) is 3.68. The molecule has 1 aromatic rings. The second-order valence-electron chi connectivity index (χ2n) is 4.92. The van der Waals surface area contributed by atoms with Crippen LogP contribution in [0.5, 0.6) is 0 Å². The highest BCUT2D eigenvalue weighted by Gasteiger charge is 2.26. The Morgan fingerprint density at radius 3 is 2.68 bits per heavy atom. The summed E-state index contributed by atoms with van der Waals surface area (Å²) in [6.07, 6.45) is 3.41. The van der Waals surface area contributed by atoms with Crippen molar-refractivity contribution in [2.45, 2.75) is 32.2 Å². The van der Waals surface area contributed by atoms with Crippen LogP contribution in [0.3, 0.4) is 0 Å². The van der Waals surface area contributed by atoms with Crippen LogP contribution in [0, 0.1) is 16.0 Å². The number of hydrogen-bond acceptors (Lipinski definition) is 4. The third kappa shape index (κ3) is 2.83. The van der Waals surface area contributed by atoms with Crippen LogP contribution in [-0.2, 0) is 0 Å². The fourth-order valence-corrected chi connectivity index (χ4v) is 2.25. The lowest BCUT2D eigenvalue weighted by Crippen LogP contribution is -2.31. The minimum absolute atomic E-state index is 0.0499. The fraction of sp³-hybridized carbons (Fsp3) is 0.462. The Morgan fingerprint density at radius 2 is 2.21 bits per heavy atom. The minimum atomic E-state index is -1.09. The first kappa shape index (κ1) is 13.3. The average Bonchev–Trinajstić information content (AvgIpc) is 2.25. The number of nitrogens with one attached hydrogen (secondary N) is 1. The number of nitrogens with zero attached hydrogens (tertiary/aromatic N) is 1. The zero-order valence-electron chi connectivity index (χ0n) is 10.6. The second-order valence-corrected chi connectivity index (χ2v) is 4.92. The van der Waals surface area contributed by atoms with Gasteiger partial charge in [-0.25, -0.2) is 4.79 Å². The molecule has 0 aliphatic heterocycles. The molecule has 1 aromatic carbocycles. The number of carbonyl (C=O) groups is 1. The summed E-state index contributed by atoms with van der Waals surface area (Å²) in [5, 5.41) is 23.0. The molecule has 1 unspecified atom stereocenters. The molecule has 1 aliphatic carbocycles. The number of rotatable bonds is 5. The highest BCUT2D eigenvalue weighted by atomic mass is 16.6. The van der Waals surface area contributed by atoms with E-state index in [2.05, 4.69) is 5.32 Å². The molecule has 102 valence electrons. The van der Waals surface area contributed by atoms with Crippen molar-refractivity contribution in [2.75, 3.05) is 5.32 Å². The highest BCUT2D eigenvalue weighted by Crippen LogP contribution is 2.33. The molecule has 1 fully saturated rings. The molecule has 0 heterocycles. The molecule has 1 saturated carbocycles. The van der Waals surface area contributed by atoms with Gasteiger partial charge < -0.3 is 10.4 Å². The predicted octanol–water partition coefficient (Wildman–Crippen LogP) is 2.89. The Labute approximate surface area is 110 Å². The highest BCUT2D eigenvalue weighted by molar-refractivity contribution is 5.90. The first-order valence-electron chi connectivity index (χ1n) is 6.27. The predicted molar refractivity (Wildman–Crippen MR) is 70.5 cm³/mol. The van der Waals surface area contributed by atoms with E-state index in [0.29, 0.717) is 5.92 Å². The lowest BCUT2D eigenvalue weighted by Gasteiger charge is -2.32. The van der Waals surface area contributed by atoms with E-state index in [1.54, 1.807) is 0 Å². The number of carboxylic acid groups (broad SMARTS) is 1. The topological polar surface area (TPSA) is 92.5 Å². The van der Waals surface area contributed by atoms with Gasteiger partial charge in [-0.3, -0.25) is 10.1 Å². The normalized spacial score (nSPS) is 16.5. The Balaban J connectivity index is 2.26. The van der Waals surface area contributed by atoms with Gasteiger partial charge in [0.25, 0.3) is 5.69 Å². The van der Waals surface area contributed by atoms with Crippen LogP contribution in [0.4, 0.5) is 11.4 Å². The number of nitro benzene ring substituents is 1. The molecule has 0 bridgehead atoms. The van der Waals surface area contributed by atoms with Crippen LogP contribution in [0.15, 0.2) is 18.2 Å². The van der Waals surface area contributed by atoms with Crippen LogP contribution in [0.2, 0.25) is 0 Å². The molecular formula is C13H16N2O4. The Kier molecular flexibility index (Phi) is 3.69. The Bertz CT molecular complexity index is 511. The van der Waals surface area contributed by atoms with Crippen molar-refractivity contribution in [3.8, 4) is 0 Å².